The van der Waals surface area contributed by atoms with Gasteiger partial charge >= 0.3 is 0 Å². The normalized spacial score (nSPS) is 27.9. The summed E-state index contributed by atoms with van der Waals surface area (Å²) in [4.78, 5) is 25.5. The summed E-state index contributed by atoms with van der Waals surface area (Å²) in [7, 11) is 0. The van der Waals surface area contributed by atoms with E-state index in [0.717, 1.165) is 6.07 Å². The van der Waals surface area contributed by atoms with Crippen molar-refractivity contribution >= 4 is 29.3 Å². The van der Waals surface area contributed by atoms with Gasteiger partial charge in [0.2, 0.25) is 11.8 Å². The molecule has 1 N–H and O–H groups in total. The van der Waals surface area contributed by atoms with E-state index in [2.05, 4.69) is 5.32 Å². The van der Waals surface area contributed by atoms with E-state index in [-0.39, 0.29) is 16.5 Å². The highest BCUT2D eigenvalue weighted by Crippen LogP contribution is 2.47. The van der Waals surface area contributed by atoms with Crippen LogP contribution in [0.3, 0.4) is 0 Å². The molecule has 0 spiro atoms. The van der Waals surface area contributed by atoms with E-state index in [1.165, 1.54) is 6.07 Å². The summed E-state index contributed by atoms with van der Waals surface area (Å²) in [6.45, 7) is 1.94. The third-order valence-electron chi connectivity index (χ3n) is 3.94. The van der Waals surface area contributed by atoms with Crippen molar-refractivity contribution in [1.29, 1.82) is 0 Å². The van der Waals surface area contributed by atoms with E-state index in [1.807, 2.05) is 6.92 Å². The van der Waals surface area contributed by atoms with Gasteiger partial charge in [-0.1, -0.05) is 0 Å². The van der Waals surface area contributed by atoms with Crippen LogP contribution in [0.1, 0.15) is 19.8 Å². The van der Waals surface area contributed by atoms with Gasteiger partial charge in [0, 0.05) is 18.2 Å². The maximum Gasteiger partial charge on any atom is 0.248 e. The van der Waals surface area contributed by atoms with Gasteiger partial charge in [-0.25, -0.2) is 8.78 Å². The fourth-order valence-corrected chi connectivity index (χ4v) is 4.25. The maximum absolute atomic E-state index is 13.6. The SMILES string of the molecule is CC12CCC(=O)N1C(C(=O)Nc1ccc(F)cc1F)CS2. The molecule has 0 bridgehead atoms. The van der Waals surface area contributed by atoms with Crippen LogP contribution < -0.4 is 5.32 Å². The van der Waals surface area contributed by atoms with Gasteiger partial charge in [0.15, 0.2) is 0 Å². The average molecular weight is 312 g/mol. The molecule has 0 aliphatic carbocycles. The molecule has 2 aliphatic rings. The first-order valence-electron chi connectivity index (χ1n) is 6.63. The first-order valence-corrected chi connectivity index (χ1v) is 7.61. The van der Waals surface area contributed by atoms with Crippen molar-refractivity contribution in [3.8, 4) is 0 Å². The maximum atomic E-state index is 13.6. The van der Waals surface area contributed by atoms with Gasteiger partial charge < -0.3 is 10.2 Å². The van der Waals surface area contributed by atoms with Crippen molar-refractivity contribution in [3.63, 3.8) is 0 Å². The molecule has 1 aromatic rings. The number of hydrogen-bond acceptors (Lipinski definition) is 3. The lowest BCUT2D eigenvalue weighted by Gasteiger charge is -2.29. The lowest BCUT2D eigenvalue weighted by Crippen LogP contribution is -2.48. The van der Waals surface area contributed by atoms with Gasteiger partial charge in [-0.3, -0.25) is 9.59 Å². The molecule has 2 aliphatic heterocycles. The Kier molecular flexibility index (Phi) is 3.39. The van der Waals surface area contributed by atoms with Crippen LogP contribution in [0.2, 0.25) is 0 Å². The number of fused-ring (bicyclic) bond motifs is 1. The zero-order chi connectivity index (χ0) is 15.2. The van der Waals surface area contributed by atoms with Crippen LogP contribution in [-0.2, 0) is 9.59 Å². The van der Waals surface area contributed by atoms with Crippen molar-refractivity contribution in [2.45, 2.75) is 30.7 Å². The molecule has 2 amide bonds. The third-order valence-corrected chi connectivity index (χ3v) is 5.44. The number of halogens is 2. The summed E-state index contributed by atoms with van der Waals surface area (Å²) < 4.78 is 26.4. The molecule has 2 unspecified atom stereocenters. The number of carbonyl (C=O) groups excluding carboxylic acids is 2. The van der Waals surface area contributed by atoms with Crippen LogP contribution in [0.15, 0.2) is 18.2 Å². The first-order chi connectivity index (χ1) is 9.90. The highest BCUT2D eigenvalue weighted by Gasteiger charge is 2.52. The Hall–Kier alpha value is -1.63. The molecule has 4 nitrogen and oxygen atoms in total. The van der Waals surface area contributed by atoms with Crippen molar-refractivity contribution in [1.82, 2.24) is 4.90 Å². The average Bonchev–Trinajstić information content (AvgIpc) is 2.90. The largest absolute Gasteiger partial charge is 0.322 e. The number of rotatable bonds is 2. The van der Waals surface area contributed by atoms with Crippen molar-refractivity contribution in [2.75, 3.05) is 11.1 Å². The summed E-state index contributed by atoms with van der Waals surface area (Å²) in [5.41, 5.74) is -0.0772. The number of amides is 2. The van der Waals surface area contributed by atoms with Crippen LogP contribution >= 0.6 is 11.8 Å². The van der Waals surface area contributed by atoms with Crippen molar-refractivity contribution in [3.05, 3.63) is 29.8 Å². The van der Waals surface area contributed by atoms with Gasteiger partial charge in [0.25, 0.3) is 0 Å². The summed E-state index contributed by atoms with van der Waals surface area (Å²) in [5, 5.41) is 2.44. The van der Waals surface area contributed by atoms with Crippen LogP contribution in [0.25, 0.3) is 0 Å². The molecule has 0 aromatic heterocycles. The minimum absolute atomic E-state index is 0.0535. The molecular weight excluding hydrogens is 298 g/mol. The molecule has 112 valence electrons. The van der Waals surface area contributed by atoms with Gasteiger partial charge in [-0.05, 0) is 25.5 Å². The molecule has 2 fully saturated rings. The highest BCUT2D eigenvalue weighted by molar-refractivity contribution is 8.01. The Balaban J connectivity index is 1.78. The smallest absolute Gasteiger partial charge is 0.248 e. The topological polar surface area (TPSA) is 49.4 Å². The molecule has 0 radical (unpaired) electrons. The van der Waals surface area contributed by atoms with E-state index in [9.17, 15) is 18.4 Å². The summed E-state index contributed by atoms with van der Waals surface area (Å²) in [6, 6.07) is 2.35. The van der Waals surface area contributed by atoms with Gasteiger partial charge in [-0.15, -0.1) is 11.8 Å². The van der Waals surface area contributed by atoms with Crippen LogP contribution in [0.5, 0.6) is 0 Å². The summed E-state index contributed by atoms with van der Waals surface area (Å²) in [5.74, 6) is -1.54. The van der Waals surface area contributed by atoms with Gasteiger partial charge in [0.1, 0.15) is 17.7 Å². The molecule has 3 rings (SSSR count). The minimum atomic E-state index is -0.829. The standard InChI is InChI=1S/C14H14F2N2O2S/c1-14-5-4-12(19)18(14)11(7-21-14)13(20)17-10-3-2-8(15)6-9(10)16/h2-3,6,11H,4-5,7H2,1H3,(H,17,20). The van der Waals surface area contributed by atoms with Gasteiger partial charge in [0.05, 0.1) is 10.6 Å². The zero-order valence-electron chi connectivity index (χ0n) is 11.4. The van der Waals surface area contributed by atoms with Crippen LogP contribution in [0, 0.1) is 11.6 Å². The molecule has 2 saturated heterocycles. The molecule has 21 heavy (non-hydrogen) atoms. The lowest BCUT2D eigenvalue weighted by atomic mass is 10.2. The summed E-state index contributed by atoms with van der Waals surface area (Å²) in [6.07, 6.45) is 1.14. The van der Waals surface area contributed by atoms with Gasteiger partial charge in [-0.2, -0.15) is 0 Å². The number of hydrogen-bond donors (Lipinski definition) is 1. The molecular formula is C14H14F2N2O2S. The Bertz CT molecular complexity index is 625. The van der Waals surface area contributed by atoms with E-state index in [4.69, 9.17) is 0 Å². The number of nitrogens with one attached hydrogen (secondary N) is 1. The second-order valence-corrected chi connectivity index (χ2v) is 6.88. The molecule has 2 atom stereocenters. The van der Waals surface area contributed by atoms with Crippen LogP contribution in [-0.4, -0.2) is 33.4 Å². The predicted molar refractivity (Wildman–Crippen MR) is 75.7 cm³/mol. The minimum Gasteiger partial charge on any atom is -0.322 e. The Labute approximate surface area is 124 Å². The highest BCUT2D eigenvalue weighted by atomic mass is 32.2. The number of benzene rings is 1. The lowest BCUT2D eigenvalue weighted by molar-refractivity contribution is -0.135. The predicted octanol–water partition coefficient (Wildman–Crippen LogP) is 2.36. The summed E-state index contributed by atoms with van der Waals surface area (Å²) >= 11 is 1.56. The Morgan fingerprint density at radius 2 is 2.24 bits per heavy atom. The van der Waals surface area contributed by atoms with Crippen molar-refractivity contribution in [2.24, 2.45) is 0 Å². The van der Waals surface area contributed by atoms with E-state index >= 15 is 0 Å². The van der Waals surface area contributed by atoms with E-state index < -0.39 is 23.6 Å². The Morgan fingerprint density at radius 1 is 1.48 bits per heavy atom. The molecule has 1 aromatic carbocycles. The first kappa shape index (κ1) is 14.3. The quantitative estimate of drug-likeness (QED) is 0.912. The number of anilines is 1. The molecule has 2 heterocycles. The number of thioether (sulfide) groups is 1. The van der Waals surface area contributed by atoms with Crippen LogP contribution in [0.4, 0.5) is 14.5 Å². The third kappa shape index (κ3) is 2.39. The number of nitrogens with zero attached hydrogens (tertiary/aromatic N) is 1. The van der Waals surface area contributed by atoms with Crippen molar-refractivity contribution < 1.29 is 18.4 Å². The second-order valence-electron chi connectivity index (χ2n) is 5.38. The fourth-order valence-electron chi connectivity index (χ4n) is 2.82. The van der Waals surface area contributed by atoms with E-state index in [1.54, 1.807) is 16.7 Å². The zero-order valence-corrected chi connectivity index (χ0v) is 12.2. The molecule has 7 heteroatoms. The monoisotopic (exact) mass is 312 g/mol. The second kappa shape index (κ2) is 4.98. The van der Waals surface area contributed by atoms with E-state index in [0.29, 0.717) is 24.7 Å². The fraction of sp³-hybridized carbons (Fsp3) is 0.429. The molecule has 0 saturated carbocycles. The number of carbonyl (C=O) groups is 2. The Morgan fingerprint density at radius 3 is 2.95 bits per heavy atom.